The summed E-state index contributed by atoms with van der Waals surface area (Å²) >= 11 is 1.04. The minimum Gasteiger partial charge on any atom is -0.497 e. The van der Waals surface area contributed by atoms with Gasteiger partial charge in [-0.15, -0.1) is 0 Å². The van der Waals surface area contributed by atoms with E-state index in [2.05, 4.69) is 5.32 Å². The van der Waals surface area contributed by atoms with Crippen molar-refractivity contribution in [3.8, 4) is 16.9 Å². The second kappa shape index (κ2) is 9.92. The number of ether oxygens (including phenoxy) is 1. The molecule has 1 N–H and O–H groups in total. The van der Waals surface area contributed by atoms with Gasteiger partial charge in [0.25, 0.3) is 5.24 Å². The van der Waals surface area contributed by atoms with Crippen LogP contribution in [-0.4, -0.2) is 36.5 Å². The molecule has 33 heavy (non-hydrogen) atoms. The Labute approximate surface area is 196 Å². The molecule has 0 radical (unpaired) electrons. The lowest BCUT2D eigenvalue weighted by atomic mass is 10.0. The van der Waals surface area contributed by atoms with E-state index in [4.69, 9.17) is 4.74 Å². The zero-order valence-corrected chi connectivity index (χ0v) is 19.2. The van der Waals surface area contributed by atoms with E-state index in [1.165, 1.54) is 0 Å². The van der Waals surface area contributed by atoms with E-state index >= 15 is 0 Å². The number of thioether (sulfide) groups is 1. The van der Waals surface area contributed by atoms with Crippen LogP contribution in [0, 0.1) is 0 Å². The zero-order chi connectivity index (χ0) is 23.4. The predicted octanol–water partition coefficient (Wildman–Crippen LogP) is 4.46. The first kappa shape index (κ1) is 22.6. The number of anilines is 1. The molecule has 0 spiro atoms. The molecule has 3 amide bonds. The zero-order valence-electron chi connectivity index (χ0n) is 18.4. The summed E-state index contributed by atoms with van der Waals surface area (Å²) < 4.78 is 5.17. The minimum absolute atomic E-state index is 0.00504. The second-order valence-electron chi connectivity index (χ2n) is 7.81. The van der Waals surface area contributed by atoms with Crippen molar-refractivity contribution in [1.29, 1.82) is 0 Å². The third-order valence-electron chi connectivity index (χ3n) is 5.60. The lowest BCUT2D eigenvalue weighted by molar-refractivity contribution is -0.119. The third-order valence-corrected chi connectivity index (χ3v) is 6.58. The molecule has 1 aliphatic rings. The molecule has 1 saturated heterocycles. The number of methoxy groups -OCH3 is 1. The quantitative estimate of drug-likeness (QED) is 0.563. The molecular formula is C26H24N2O4S. The molecule has 1 unspecified atom stereocenters. The Hall–Kier alpha value is -3.58. The van der Waals surface area contributed by atoms with E-state index in [9.17, 15) is 14.4 Å². The molecule has 0 bridgehead atoms. The van der Waals surface area contributed by atoms with Crippen molar-refractivity contribution in [2.45, 2.75) is 18.1 Å². The Kier molecular flexibility index (Phi) is 6.79. The smallest absolute Gasteiger partial charge is 0.286 e. The normalized spacial score (nSPS) is 15.3. The molecule has 1 fully saturated rings. The number of hydrogen-bond donors (Lipinski definition) is 1. The molecule has 0 saturated carbocycles. The van der Waals surface area contributed by atoms with Gasteiger partial charge in [-0.3, -0.25) is 19.7 Å². The molecular weight excluding hydrogens is 436 g/mol. The topological polar surface area (TPSA) is 75.7 Å². The maximum absolute atomic E-state index is 12.8. The van der Waals surface area contributed by atoms with Crippen LogP contribution in [0.5, 0.6) is 5.75 Å². The van der Waals surface area contributed by atoms with E-state index in [1.54, 1.807) is 19.1 Å². The first-order valence-corrected chi connectivity index (χ1v) is 11.4. The highest BCUT2D eigenvalue weighted by Crippen LogP contribution is 2.27. The summed E-state index contributed by atoms with van der Waals surface area (Å²) in [7, 11) is 3.39. The van der Waals surface area contributed by atoms with Crippen molar-refractivity contribution in [3.63, 3.8) is 0 Å². The Morgan fingerprint density at radius 1 is 0.970 bits per heavy atom. The maximum Gasteiger partial charge on any atom is 0.286 e. The number of carbonyl (C=O) groups is 3. The van der Waals surface area contributed by atoms with Crippen molar-refractivity contribution >= 4 is 34.5 Å². The maximum atomic E-state index is 12.8. The molecule has 1 atom stereocenters. The Morgan fingerprint density at radius 2 is 1.67 bits per heavy atom. The van der Waals surface area contributed by atoms with Gasteiger partial charge >= 0.3 is 0 Å². The van der Waals surface area contributed by atoms with Crippen molar-refractivity contribution in [2.75, 3.05) is 19.1 Å². The van der Waals surface area contributed by atoms with Crippen molar-refractivity contribution in [1.82, 2.24) is 5.32 Å². The number of amides is 3. The van der Waals surface area contributed by atoms with Crippen LogP contribution in [0.25, 0.3) is 11.1 Å². The summed E-state index contributed by atoms with van der Waals surface area (Å²) in [4.78, 5) is 37.6. The number of carbonyl (C=O) groups excluding carboxylic acids is 3. The highest BCUT2D eigenvalue weighted by molar-refractivity contribution is 8.15. The van der Waals surface area contributed by atoms with Crippen LogP contribution in [0.4, 0.5) is 10.5 Å². The van der Waals surface area contributed by atoms with E-state index in [0.29, 0.717) is 12.8 Å². The Bertz CT molecular complexity index is 1180. The predicted molar refractivity (Wildman–Crippen MR) is 131 cm³/mol. The van der Waals surface area contributed by atoms with Crippen LogP contribution in [0.1, 0.15) is 11.1 Å². The number of likely N-dealkylation sites (N-methyl/N-ethyl adjacent to an activating group) is 1. The molecule has 1 heterocycles. The van der Waals surface area contributed by atoms with Crippen molar-refractivity contribution in [3.05, 3.63) is 83.9 Å². The van der Waals surface area contributed by atoms with E-state index in [0.717, 1.165) is 45.5 Å². The summed E-state index contributed by atoms with van der Waals surface area (Å²) in [6.45, 7) is 0. The van der Waals surface area contributed by atoms with Crippen LogP contribution in [0.15, 0.2) is 72.8 Å². The number of rotatable bonds is 7. The molecule has 3 aromatic carbocycles. The molecule has 0 aromatic heterocycles. The van der Waals surface area contributed by atoms with Crippen LogP contribution in [0.2, 0.25) is 0 Å². The number of imide groups is 1. The van der Waals surface area contributed by atoms with Gasteiger partial charge in [0.2, 0.25) is 11.8 Å². The highest BCUT2D eigenvalue weighted by Gasteiger charge is 2.31. The van der Waals surface area contributed by atoms with Gasteiger partial charge in [0.05, 0.1) is 18.8 Å². The summed E-state index contributed by atoms with van der Waals surface area (Å²) in [5.74, 6) is 0.524. The van der Waals surface area contributed by atoms with Gasteiger partial charge in [0.1, 0.15) is 5.75 Å². The van der Waals surface area contributed by atoms with E-state index < -0.39 is 0 Å². The van der Waals surface area contributed by atoms with Crippen LogP contribution in [0.3, 0.4) is 0 Å². The molecule has 4 rings (SSSR count). The summed E-state index contributed by atoms with van der Waals surface area (Å²) in [6, 6.07) is 23.2. The number of nitrogens with zero attached hydrogens (tertiary/aromatic N) is 1. The van der Waals surface area contributed by atoms with Crippen LogP contribution >= 0.6 is 11.8 Å². The fraction of sp³-hybridized carbons (Fsp3) is 0.192. The highest BCUT2D eigenvalue weighted by atomic mass is 32.2. The van der Waals surface area contributed by atoms with Gasteiger partial charge in [0, 0.05) is 12.7 Å². The molecule has 1 aliphatic heterocycles. The van der Waals surface area contributed by atoms with Gasteiger partial charge in [0.15, 0.2) is 0 Å². The van der Waals surface area contributed by atoms with E-state index in [1.807, 2.05) is 72.8 Å². The Morgan fingerprint density at radius 3 is 2.30 bits per heavy atom. The van der Waals surface area contributed by atoms with Gasteiger partial charge in [-0.05, 0) is 52.9 Å². The summed E-state index contributed by atoms with van der Waals surface area (Å²) in [5, 5.41) is 1.65. The average molecular weight is 461 g/mol. The fourth-order valence-electron chi connectivity index (χ4n) is 3.65. The van der Waals surface area contributed by atoms with Crippen molar-refractivity contribution in [2.24, 2.45) is 0 Å². The monoisotopic (exact) mass is 460 g/mol. The number of hydrogen-bond acceptors (Lipinski definition) is 5. The lowest BCUT2D eigenvalue weighted by Crippen LogP contribution is -2.27. The fourth-order valence-corrected chi connectivity index (χ4v) is 4.51. The molecule has 0 aliphatic carbocycles. The van der Waals surface area contributed by atoms with Gasteiger partial charge < -0.3 is 9.64 Å². The SMILES string of the molecule is COc1ccc(CC(=O)N(C)c2cccc(-c3ccc(CC4SC(=O)NC4=O)cc3)c2)cc1. The van der Waals surface area contributed by atoms with Gasteiger partial charge in [-0.1, -0.05) is 60.3 Å². The molecule has 168 valence electrons. The minimum atomic E-state index is -0.378. The largest absolute Gasteiger partial charge is 0.497 e. The average Bonchev–Trinajstić information content (AvgIpc) is 3.15. The number of nitrogens with one attached hydrogen (secondary N) is 1. The lowest BCUT2D eigenvalue weighted by Gasteiger charge is -2.18. The second-order valence-corrected chi connectivity index (χ2v) is 8.99. The number of benzene rings is 3. The molecule has 3 aromatic rings. The van der Waals surface area contributed by atoms with Crippen LogP contribution < -0.4 is 15.0 Å². The Balaban J connectivity index is 1.43. The summed E-state index contributed by atoms with van der Waals surface area (Å²) in [6.07, 6.45) is 0.805. The third kappa shape index (κ3) is 5.43. The van der Waals surface area contributed by atoms with Gasteiger partial charge in [-0.2, -0.15) is 0 Å². The standard InChI is InChI=1S/C26H24N2O4S/c1-28(24(29)15-18-8-12-22(32-2)13-9-18)21-5-3-4-20(16-21)19-10-6-17(7-11-19)14-23-25(30)27-26(31)33-23/h3-13,16,23H,14-15H2,1-2H3,(H,27,30,31). The van der Waals surface area contributed by atoms with Crippen molar-refractivity contribution < 1.29 is 19.1 Å². The van der Waals surface area contributed by atoms with Gasteiger partial charge in [-0.25, -0.2) is 0 Å². The molecule has 6 nitrogen and oxygen atoms in total. The molecule has 7 heteroatoms. The first-order chi connectivity index (χ1) is 15.9. The first-order valence-electron chi connectivity index (χ1n) is 10.5. The van der Waals surface area contributed by atoms with E-state index in [-0.39, 0.29) is 22.3 Å². The van der Waals surface area contributed by atoms with Crippen LogP contribution in [-0.2, 0) is 22.4 Å². The summed E-state index contributed by atoms with van der Waals surface area (Å²) in [5.41, 5.74) is 4.73.